The minimum Gasteiger partial charge on any atom is -0.481 e. The van der Waals surface area contributed by atoms with Crippen molar-refractivity contribution in [3.63, 3.8) is 0 Å². The lowest BCUT2D eigenvalue weighted by atomic mass is 9.89. The van der Waals surface area contributed by atoms with Crippen LogP contribution < -0.4 is 10.1 Å². The fourth-order valence-corrected chi connectivity index (χ4v) is 3.39. The van der Waals surface area contributed by atoms with Crippen molar-refractivity contribution in [2.45, 2.75) is 25.7 Å². The number of rotatable bonds is 4. The lowest BCUT2D eigenvalue weighted by molar-refractivity contribution is 0.347. The number of fused-ring (bicyclic) bond motifs is 2. The number of aromatic nitrogens is 2. The fourth-order valence-electron chi connectivity index (χ4n) is 3.39. The van der Waals surface area contributed by atoms with Crippen molar-refractivity contribution in [2.24, 2.45) is 17.8 Å². The number of hydrogen-bond acceptors (Lipinski definition) is 4. The minimum atomic E-state index is 0.621. The summed E-state index contributed by atoms with van der Waals surface area (Å²) < 4.78 is 5.08. The zero-order chi connectivity index (χ0) is 11.7. The van der Waals surface area contributed by atoms with Gasteiger partial charge in [0.2, 0.25) is 11.8 Å². The number of nitrogens with zero attached hydrogens (tertiary/aromatic N) is 2. The van der Waals surface area contributed by atoms with E-state index < -0.39 is 0 Å². The maximum absolute atomic E-state index is 5.08. The Hall–Kier alpha value is -1.32. The van der Waals surface area contributed by atoms with Crippen molar-refractivity contribution in [2.75, 3.05) is 19.0 Å². The van der Waals surface area contributed by atoms with Gasteiger partial charge in [0.15, 0.2) is 0 Å². The Morgan fingerprint density at radius 3 is 3.06 bits per heavy atom. The maximum Gasteiger partial charge on any atom is 0.225 e. The van der Waals surface area contributed by atoms with Gasteiger partial charge in [0.25, 0.3) is 0 Å². The average molecular weight is 233 g/mol. The molecule has 2 saturated carbocycles. The topological polar surface area (TPSA) is 47.0 Å². The normalized spacial score (nSPS) is 30.5. The molecule has 0 spiro atoms. The minimum absolute atomic E-state index is 0.621. The Kier molecular flexibility index (Phi) is 2.87. The van der Waals surface area contributed by atoms with Crippen LogP contribution in [-0.2, 0) is 0 Å². The number of hydrogen-bond donors (Lipinski definition) is 1. The van der Waals surface area contributed by atoms with Gasteiger partial charge in [0, 0.05) is 18.8 Å². The third-order valence-electron chi connectivity index (χ3n) is 4.25. The van der Waals surface area contributed by atoms with E-state index >= 15 is 0 Å². The highest BCUT2D eigenvalue weighted by Crippen LogP contribution is 2.48. The van der Waals surface area contributed by atoms with Crippen molar-refractivity contribution < 1.29 is 4.74 Å². The molecule has 3 atom stereocenters. The van der Waals surface area contributed by atoms with Gasteiger partial charge in [-0.15, -0.1) is 0 Å². The molecule has 0 aromatic carbocycles. The summed E-state index contributed by atoms with van der Waals surface area (Å²) in [6.45, 7) is 1.01. The van der Waals surface area contributed by atoms with Crippen molar-refractivity contribution in [1.29, 1.82) is 0 Å². The molecule has 0 saturated heterocycles. The van der Waals surface area contributed by atoms with Gasteiger partial charge in [-0.25, -0.2) is 4.98 Å². The van der Waals surface area contributed by atoms with Gasteiger partial charge in [-0.1, -0.05) is 6.42 Å². The first-order valence-electron chi connectivity index (χ1n) is 6.46. The van der Waals surface area contributed by atoms with Crippen LogP contribution in [0, 0.1) is 17.8 Å². The molecule has 4 nitrogen and oxygen atoms in total. The number of nitrogens with one attached hydrogen (secondary N) is 1. The molecule has 3 unspecified atom stereocenters. The van der Waals surface area contributed by atoms with Crippen LogP contribution in [0.5, 0.6) is 5.88 Å². The van der Waals surface area contributed by atoms with E-state index in [9.17, 15) is 0 Å². The second-order valence-corrected chi connectivity index (χ2v) is 5.24. The summed E-state index contributed by atoms with van der Waals surface area (Å²) >= 11 is 0. The first-order valence-corrected chi connectivity index (χ1v) is 6.46. The van der Waals surface area contributed by atoms with E-state index in [0.717, 1.165) is 24.3 Å². The van der Waals surface area contributed by atoms with E-state index in [2.05, 4.69) is 15.3 Å². The Morgan fingerprint density at radius 2 is 2.35 bits per heavy atom. The quantitative estimate of drug-likeness (QED) is 0.867. The molecule has 1 N–H and O–H groups in total. The molecule has 1 aromatic heterocycles. The van der Waals surface area contributed by atoms with Crippen molar-refractivity contribution in [3.8, 4) is 5.88 Å². The van der Waals surface area contributed by atoms with Crippen LogP contribution in [0.3, 0.4) is 0 Å². The fraction of sp³-hybridized carbons (Fsp3) is 0.692. The Bertz CT molecular complexity index is 396. The lowest BCUT2D eigenvalue weighted by Crippen LogP contribution is -2.21. The van der Waals surface area contributed by atoms with E-state index in [-0.39, 0.29) is 0 Å². The van der Waals surface area contributed by atoms with Gasteiger partial charge in [0.1, 0.15) is 0 Å². The Labute approximate surface area is 102 Å². The monoisotopic (exact) mass is 233 g/mol. The van der Waals surface area contributed by atoms with Crippen molar-refractivity contribution >= 4 is 5.95 Å². The zero-order valence-electron chi connectivity index (χ0n) is 10.2. The molecule has 2 bridgehead atoms. The lowest BCUT2D eigenvalue weighted by Gasteiger charge is -2.21. The summed E-state index contributed by atoms with van der Waals surface area (Å²) in [5.41, 5.74) is 0. The van der Waals surface area contributed by atoms with Gasteiger partial charge in [-0.3, -0.25) is 0 Å². The van der Waals surface area contributed by atoms with Crippen molar-refractivity contribution in [3.05, 3.63) is 12.3 Å². The average Bonchev–Trinajstić information content (AvgIpc) is 2.99. The molecule has 92 valence electrons. The highest BCUT2D eigenvalue weighted by Gasteiger charge is 2.39. The van der Waals surface area contributed by atoms with Gasteiger partial charge in [-0.2, -0.15) is 4.98 Å². The molecular formula is C13H19N3O. The molecule has 1 heterocycles. The van der Waals surface area contributed by atoms with E-state index in [4.69, 9.17) is 4.74 Å². The summed E-state index contributed by atoms with van der Waals surface area (Å²) in [5, 5.41) is 3.34. The molecule has 0 radical (unpaired) electrons. The zero-order valence-corrected chi connectivity index (χ0v) is 10.2. The molecule has 17 heavy (non-hydrogen) atoms. The highest BCUT2D eigenvalue weighted by atomic mass is 16.5. The predicted molar refractivity (Wildman–Crippen MR) is 66.0 cm³/mol. The molecular weight excluding hydrogens is 214 g/mol. The van der Waals surface area contributed by atoms with Crippen LogP contribution in [-0.4, -0.2) is 23.6 Å². The van der Waals surface area contributed by atoms with E-state index in [1.165, 1.54) is 25.7 Å². The summed E-state index contributed by atoms with van der Waals surface area (Å²) in [7, 11) is 1.63. The molecule has 4 heteroatoms. The number of methoxy groups -OCH3 is 1. The van der Waals surface area contributed by atoms with Crippen LogP contribution in [0.4, 0.5) is 5.95 Å². The summed E-state index contributed by atoms with van der Waals surface area (Å²) in [4.78, 5) is 8.48. The molecule has 2 fully saturated rings. The molecule has 2 aliphatic rings. The highest BCUT2D eigenvalue weighted by molar-refractivity contribution is 5.27. The largest absolute Gasteiger partial charge is 0.481 e. The smallest absolute Gasteiger partial charge is 0.225 e. The van der Waals surface area contributed by atoms with Gasteiger partial charge >= 0.3 is 0 Å². The molecule has 0 amide bonds. The molecule has 0 aliphatic heterocycles. The number of ether oxygens (including phenoxy) is 1. The van der Waals surface area contributed by atoms with E-state index in [1.54, 1.807) is 19.4 Å². The van der Waals surface area contributed by atoms with Crippen LogP contribution in [0.2, 0.25) is 0 Å². The Balaban J connectivity index is 1.56. The second kappa shape index (κ2) is 4.51. The van der Waals surface area contributed by atoms with Gasteiger partial charge in [-0.05, 0) is 37.0 Å². The van der Waals surface area contributed by atoms with Gasteiger partial charge in [0.05, 0.1) is 7.11 Å². The first-order chi connectivity index (χ1) is 8.35. The SMILES string of the molecule is COc1ccnc(NCC2CC3CCC2C3)n1. The summed E-state index contributed by atoms with van der Waals surface area (Å²) in [5.74, 6) is 4.07. The molecule has 3 rings (SSSR count). The second-order valence-electron chi connectivity index (χ2n) is 5.24. The first kappa shape index (κ1) is 10.8. The van der Waals surface area contributed by atoms with Crippen LogP contribution in [0.1, 0.15) is 25.7 Å². The van der Waals surface area contributed by atoms with E-state index in [1.807, 2.05) is 0 Å². The maximum atomic E-state index is 5.08. The standard InChI is InChI=1S/C13H19N3O/c1-17-12-4-5-14-13(16-12)15-8-11-7-9-2-3-10(11)6-9/h4-5,9-11H,2-3,6-8H2,1H3,(H,14,15,16). The van der Waals surface area contributed by atoms with Crippen LogP contribution in [0.15, 0.2) is 12.3 Å². The summed E-state index contributed by atoms with van der Waals surface area (Å²) in [6, 6.07) is 1.77. The third-order valence-corrected chi connectivity index (χ3v) is 4.25. The van der Waals surface area contributed by atoms with Gasteiger partial charge < -0.3 is 10.1 Å². The van der Waals surface area contributed by atoms with E-state index in [0.29, 0.717) is 11.8 Å². The third kappa shape index (κ3) is 2.21. The molecule has 1 aromatic rings. The Morgan fingerprint density at radius 1 is 1.41 bits per heavy atom. The van der Waals surface area contributed by atoms with Crippen molar-refractivity contribution in [1.82, 2.24) is 9.97 Å². The van der Waals surface area contributed by atoms with Crippen LogP contribution in [0.25, 0.3) is 0 Å². The predicted octanol–water partition coefficient (Wildman–Crippen LogP) is 2.33. The summed E-state index contributed by atoms with van der Waals surface area (Å²) in [6.07, 6.45) is 7.45. The van der Waals surface area contributed by atoms with Crippen LogP contribution >= 0.6 is 0 Å². The molecule has 2 aliphatic carbocycles. The number of anilines is 1.